The Morgan fingerprint density at radius 2 is 1.81 bits per heavy atom. The number of hydrogen-bond acceptors (Lipinski definition) is 4. The van der Waals surface area contributed by atoms with Crippen LogP contribution in [0.5, 0.6) is 0 Å². The second-order valence-corrected chi connectivity index (χ2v) is 7.34. The van der Waals surface area contributed by atoms with Gasteiger partial charge in [0, 0.05) is 19.0 Å². The lowest BCUT2D eigenvalue weighted by atomic mass is 9.80. The summed E-state index contributed by atoms with van der Waals surface area (Å²) in [6, 6.07) is 0. The molecule has 2 amide bonds. The molecule has 0 saturated heterocycles. The topological polar surface area (TPSA) is 62.3 Å². The van der Waals surface area contributed by atoms with E-state index in [1.165, 1.54) is 11.3 Å². The van der Waals surface area contributed by atoms with E-state index in [1.807, 2.05) is 13.8 Å². The van der Waals surface area contributed by atoms with E-state index in [9.17, 15) is 9.59 Å². The van der Waals surface area contributed by atoms with E-state index in [1.54, 1.807) is 19.0 Å². The van der Waals surface area contributed by atoms with Crippen LogP contribution in [0.4, 0.5) is 0 Å². The molecule has 1 heterocycles. The Morgan fingerprint density at radius 1 is 1.19 bits per heavy atom. The highest BCUT2D eigenvalue weighted by Gasteiger charge is 2.42. The van der Waals surface area contributed by atoms with E-state index in [2.05, 4.69) is 10.3 Å². The summed E-state index contributed by atoms with van der Waals surface area (Å²) in [6.45, 7) is 3.77. The molecule has 1 aliphatic carbocycles. The number of aromatic nitrogens is 1. The first-order valence-electron chi connectivity index (χ1n) is 7.34. The predicted molar refractivity (Wildman–Crippen MR) is 83.6 cm³/mol. The van der Waals surface area contributed by atoms with Gasteiger partial charge in [-0.2, -0.15) is 0 Å². The minimum Gasteiger partial charge on any atom is -0.347 e. The van der Waals surface area contributed by atoms with Crippen LogP contribution in [0, 0.1) is 13.8 Å². The van der Waals surface area contributed by atoms with Gasteiger partial charge in [0.2, 0.25) is 5.91 Å². The van der Waals surface area contributed by atoms with E-state index >= 15 is 0 Å². The summed E-state index contributed by atoms with van der Waals surface area (Å²) in [4.78, 5) is 31.9. The maximum Gasteiger partial charge on any atom is 0.271 e. The number of thiazole rings is 1. The van der Waals surface area contributed by atoms with Crippen molar-refractivity contribution < 1.29 is 9.59 Å². The molecule has 0 radical (unpaired) electrons. The minimum atomic E-state index is -0.761. The smallest absolute Gasteiger partial charge is 0.271 e. The fourth-order valence-electron chi connectivity index (χ4n) is 2.99. The summed E-state index contributed by atoms with van der Waals surface area (Å²) in [5, 5.41) is 3.87. The maximum absolute atomic E-state index is 12.6. The van der Waals surface area contributed by atoms with Crippen molar-refractivity contribution in [1.82, 2.24) is 15.2 Å². The second-order valence-electron chi connectivity index (χ2n) is 5.93. The highest BCUT2D eigenvalue weighted by Crippen LogP contribution is 2.30. The summed E-state index contributed by atoms with van der Waals surface area (Å²) < 4.78 is 0. The number of likely N-dealkylation sites (N-methyl/N-ethyl adjacent to an activating group) is 1. The van der Waals surface area contributed by atoms with Crippen LogP contribution < -0.4 is 5.32 Å². The zero-order valence-electron chi connectivity index (χ0n) is 13.2. The fourth-order valence-corrected chi connectivity index (χ4v) is 3.81. The van der Waals surface area contributed by atoms with Gasteiger partial charge in [0.15, 0.2) is 0 Å². The summed E-state index contributed by atoms with van der Waals surface area (Å²) >= 11 is 1.51. The molecule has 0 unspecified atom stereocenters. The Balaban J connectivity index is 2.25. The fraction of sp³-hybridized carbons (Fsp3) is 0.667. The van der Waals surface area contributed by atoms with Crippen molar-refractivity contribution in [2.75, 3.05) is 14.1 Å². The molecule has 2 rings (SSSR count). The number of nitrogens with one attached hydrogen (secondary N) is 1. The number of nitrogens with zero attached hydrogens (tertiary/aromatic N) is 2. The van der Waals surface area contributed by atoms with Gasteiger partial charge in [-0.15, -0.1) is 11.3 Å². The number of hydrogen-bond donors (Lipinski definition) is 1. The third kappa shape index (κ3) is 3.26. The Labute approximate surface area is 129 Å². The molecule has 1 saturated carbocycles. The van der Waals surface area contributed by atoms with Gasteiger partial charge in [-0.1, -0.05) is 19.3 Å². The minimum absolute atomic E-state index is 0.0137. The van der Waals surface area contributed by atoms with Gasteiger partial charge in [0.25, 0.3) is 5.91 Å². The highest BCUT2D eigenvalue weighted by molar-refractivity contribution is 7.11. The summed E-state index contributed by atoms with van der Waals surface area (Å²) in [7, 11) is 3.48. The van der Waals surface area contributed by atoms with Gasteiger partial charge in [-0.25, -0.2) is 4.98 Å². The molecule has 0 aromatic carbocycles. The van der Waals surface area contributed by atoms with Gasteiger partial charge in [-0.05, 0) is 26.7 Å². The van der Waals surface area contributed by atoms with E-state index in [-0.39, 0.29) is 11.8 Å². The first kappa shape index (κ1) is 15.9. The molecular weight excluding hydrogens is 286 g/mol. The number of amides is 2. The standard InChI is InChI=1S/C15H23N3O2S/c1-10-12(16-11(2)21-10)13(19)17-15(14(20)18(3)4)8-6-5-7-9-15/h5-9H2,1-4H3,(H,17,19). The highest BCUT2D eigenvalue weighted by atomic mass is 32.1. The third-order valence-corrected chi connectivity index (χ3v) is 4.88. The van der Waals surface area contributed by atoms with Crippen molar-refractivity contribution in [3.05, 3.63) is 15.6 Å². The molecule has 0 atom stereocenters. The molecule has 21 heavy (non-hydrogen) atoms. The molecule has 1 aromatic rings. The molecule has 1 aliphatic rings. The van der Waals surface area contributed by atoms with E-state index < -0.39 is 5.54 Å². The normalized spacial score (nSPS) is 17.3. The second kappa shape index (κ2) is 6.13. The van der Waals surface area contributed by atoms with E-state index in [0.717, 1.165) is 29.1 Å². The van der Waals surface area contributed by atoms with E-state index in [0.29, 0.717) is 18.5 Å². The average molecular weight is 309 g/mol. The Kier molecular flexibility index (Phi) is 4.66. The van der Waals surface area contributed by atoms with Crippen molar-refractivity contribution in [1.29, 1.82) is 0 Å². The zero-order valence-corrected chi connectivity index (χ0v) is 14.0. The van der Waals surface area contributed by atoms with Crippen LogP contribution in [-0.4, -0.2) is 41.3 Å². The molecule has 0 aliphatic heterocycles. The summed E-state index contributed by atoms with van der Waals surface area (Å²) in [5.74, 6) is -0.242. The van der Waals surface area contributed by atoms with Crippen molar-refractivity contribution in [2.24, 2.45) is 0 Å². The Morgan fingerprint density at radius 3 is 2.29 bits per heavy atom. The van der Waals surface area contributed by atoms with Gasteiger partial charge < -0.3 is 10.2 Å². The van der Waals surface area contributed by atoms with Crippen LogP contribution in [0.2, 0.25) is 0 Å². The van der Waals surface area contributed by atoms with Crippen LogP contribution in [0.3, 0.4) is 0 Å². The van der Waals surface area contributed by atoms with E-state index in [4.69, 9.17) is 0 Å². The van der Waals surface area contributed by atoms with Gasteiger partial charge in [0.05, 0.1) is 5.01 Å². The van der Waals surface area contributed by atoms with Crippen molar-refractivity contribution >= 4 is 23.2 Å². The molecule has 5 nitrogen and oxygen atoms in total. The Hall–Kier alpha value is -1.43. The SMILES string of the molecule is Cc1nc(C(=O)NC2(C(=O)N(C)C)CCCCC2)c(C)s1. The van der Waals surface area contributed by atoms with Crippen LogP contribution in [-0.2, 0) is 4.79 Å². The first-order chi connectivity index (χ1) is 9.85. The van der Waals surface area contributed by atoms with Gasteiger partial charge in [-0.3, -0.25) is 9.59 Å². The molecule has 1 fully saturated rings. The number of rotatable bonds is 3. The molecular formula is C15H23N3O2S. The van der Waals surface area contributed by atoms with Crippen LogP contribution in [0.25, 0.3) is 0 Å². The molecule has 6 heteroatoms. The largest absolute Gasteiger partial charge is 0.347 e. The quantitative estimate of drug-likeness (QED) is 0.932. The predicted octanol–water partition coefficient (Wildman–Crippen LogP) is 2.28. The van der Waals surface area contributed by atoms with Crippen LogP contribution in [0.15, 0.2) is 0 Å². The molecule has 1 N–H and O–H groups in total. The van der Waals surface area contributed by atoms with Gasteiger partial charge >= 0.3 is 0 Å². The Bertz CT molecular complexity index is 545. The third-order valence-electron chi connectivity index (χ3n) is 3.99. The van der Waals surface area contributed by atoms with Crippen molar-refractivity contribution in [3.8, 4) is 0 Å². The van der Waals surface area contributed by atoms with Gasteiger partial charge in [0.1, 0.15) is 11.2 Å². The zero-order chi connectivity index (χ0) is 15.6. The summed E-state index contributed by atoms with van der Waals surface area (Å²) in [5.41, 5.74) is -0.308. The van der Waals surface area contributed by atoms with Crippen molar-refractivity contribution in [3.63, 3.8) is 0 Å². The average Bonchev–Trinajstić information content (AvgIpc) is 2.78. The molecule has 0 bridgehead atoms. The molecule has 0 spiro atoms. The number of carbonyl (C=O) groups excluding carboxylic acids is 2. The monoisotopic (exact) mass is 309 g/mol. The molecule has 1 aromatic heterocycles. The van der Waals surface area contributed by atoms with Crippen LogP contribution >= 0.6 is 11.3 Å². The lowest BCUT2D eigenvalue weighted by Crippen LogP contribution is -2.59. The van der Waals surface area contributed by atoms with Crippen LogP contribution in [0.1, 0.15) is 52.5 Å². The van der Waals surface area contributed by atoms with Crippen molar-refractivity contribution in [2.45, 2.75) is 51.5 Å². The summed E-state index contributed by atoms with van der Waals surface area (Å²) in [6.07, 6.45) is 4.47. The maximum atomic E-state index is 12.6. The number of aryl methyl sites for hydroxylation is 2. The lowest BCUT2D eigenvalue weighted by molar-refractivity contribution is -0.136. The molecule has 116 valence electrons. The lowest BCUT2D eigenvalue weighted by Gasteiger charge is -2.38. The number of carbonyl (C=O) groups is 2. The first-order valence-corrected chi connectivity index (χ1v) is 8.16.